The van der Waals surface area contributed by atoms with Gasteiger partial charge in [0.05, 0.1) is 22.5 Å². The van der Waals surface area contributed by atoms with Gasteiger partial charge < -0.3 is 10.1 Å². The fourth-order valence-electron chi connectivity index (χ4n) is 2.01. The highest BCUT2D eigenvalue weighted by molar-refractivity contribution is 6.34. The Hall–Kier alpha value is -3.29. The van der Waals surface area contributed by atoms with Gasteiger partial charge in [-0.05, 0) is 0 Å². The quantitative estimate of drug-likeness (QED) is 0.339. The van der Waals surface area contributed by atoms with E-state index in [9.17, 15) is 37.8 Å². The van der Waals surface area contributed by atoms with Crippen LogP contribution in [0.1, 0.15) is 5.56 Å². The molecule has 0 saturated heterocycles. The molecule has 0 aliphatic carbocycles. The van der Waals surface area contributed by atoms with Crippen LogP contribution in [0.5, 0.6) is 5.88 Å². The number of halogens is 5. The molecule has 0 saturated carbocycles. The Balaban J connectivity index is 2.85. The van der Waals surface area contributed by atoms with Gasteiger partial charge in [-0.25, -0.2) is 4.98 Å². The van der Waals surface area contributed by atoms with Crippen molar-refractivity contribution in [3.8, 4) is 5.88 Å². The Bertz CT molecular complexity index is 939. The number of nitrogens with one attached hydrogen (secondary N) is 1. The molecule has 2 rings (SSSR count). The molecule has 2 aromatic rings. The normalized spacial score (nSPS) is 11.2. The molecule has 0 aliphatic heterocycles. The van der Waals surface area contributed by atoms with E-state index in [1.165, 1.54) is 0 Å². The lowest BCUT2D eigenvalue weighted by molar-refractivity contribution is -0.392. The monoisotopic (exact) mass is 411 g/mol. The van der Waals surface area contributed by atoms with Crippen LogP contribution in [0.25, 0.3) is 0 Å². The second-order valence-corrected chi connectivity index (χ2v) is 5.04. The van der Waals surface area contributed by atoms with E-state index in [2.05, 4.69) is 9.97 Å². The standard InChI is InChI=1S/C12H6ClF4N5O5/c1-27-11-8(10(14)18-3-19-11)20-7-5(21(23)24)2-4(12(15,16)17)6(13)9(7)22(25)26/h2-3,20H,1H3. The van der Waals surface area contributed by atoms with Crippen LogP contribution >= 0.6 is 11.6 Å². The first kappa shape index (κ1) is 20.0. The van der Waals surface area contributed by atoms with Gasteiger partial charge >= 0.3 is 17.6 Å². The third-order valence-electron chi connectivity index (χ3n) is 3.11. The Labute approximate surface area is 151 Å². The summed E-state index contributed by atoms with van der Waals surface area (Å²) in [5.74, 6) is -1.84. The lowest BCUT2D eigenvalue weighted by Gasteiger charge is -2.14. The maximum Gasteiger partial charge on any atom is 0.418 e. The largest absolute Gasteiger partial charge is 0.479 e. The van der Waals surface area contributed by atoms with Gasteiger partial charge in [0.1, 0.15) is 11.3 Å². The molecule has 27 heavy (non-hydrogen) atoms. The number of methoxy groups -OCH3 is 1. The van der Waals surface area contributed by atoms with Crippen LogP contribution in [0.3, 0.4) is 0 Å². The lowest BCUT2D eigenvalue weighted by atomic mass is 10.1. The van der Waals surface area contributed by atoms with Crippen molar-refractivity contribution in [1.82, 2.24) is 9.97 Å². The first-order chi connectivity index (χ1) is 12.5. The molecule has 0 bridgehead atoms. The van der Waals surface area contributed by atoms with Crippen molar-refractivity contribution in [3.63, 3.8) is 0 Å². The van der Waals surface area contributed by atoms with Gasteiger partial charge in [0, 0.05) is 6.07 Å². The van der Waals surface area contributed by atoms with Crippen LogP contribution < -0.4 is 10.1 Å². The molecular weight excluding hydrogens is 406 g/mol. The average Bonchev–Trinajstić information content (AvgIpc) is 2.54. The number of nitro groups is 2. The fourth-order valence-corrected chi connectivity index (χ4v) is 2.34. The summed E-state index contributed by atoms with van der Waals surface area (Å²) < 4.78 is 57.7. The molecule has 1 N–H and O–H groups in total. The fraction of sp³-hybridized carbons (Fsp3) is 0.167. The van der Waals surface area contributed by atoms with E-state index in [4.69, 9.17) is 16.3 Å². The Morgan fingerprint density at radius 1 is 1.19 bits per heavy atom. The van der Waals surface area contributed by atoms with E-state index in [0.717, 1.165) is 13.4 Å². The molecule has 1 heterocycles. The van der Waals surface area contributed by atoms with Crippen LogP contribution in [0.4, 0.5) is 40.3 Å². The molecule has 0 fully saturated rings. The topological polar surface area (TPSA) is 133 Å². The number of rotatable bonds is 5. The van der Waals surface area contributed by atoms with Crippen LogP contribution in [-0.4, -0.2) is 26.9 Å². The van der Waals surface area contributed by atoms with Gasteiger partial charge in [0.15, 0.2) is 11.4 Å². The van der Waals surface area contributed by atoms with Crippen LogP contribution in [0.2, 0.25) is 5.02 Å². The zero-order chi connectivity index (χ0) is 20.5. The maximum atomic E-state index is 13.9. The summed E-state index contributed by atoms with van der Waals surface area (Å²) in [6.07, 6.45) is -4.49. The number of alkyl halides is 3. The number of anilines is 2. The van der Waals surface area contributed by atoms with Crippen molar-refractivity contribution < 1.29 is 32.1 Å². The predicted molar refractivity (Wildman–Crippen MR) is 81.6 cm³/mol. The van der Waals surface area contributed by atoms with E-state index in [0.29, 0.717) is 0 Å². The second-order valence-electron chi connectivity index (χ2n) is 4.67. The smallest absolute Gasteiger partial charge is 0.418 e. The van der Waals surface area contributed by atoms with Crippen molar-refractivity contribution in [3.05, 3.63) is 49.2 Å². The summed E-state index contributed by atoms with van der Waals surface area (Å²) in [4.78, 5) is 26.4. The summed E-state index contributed by atoms with van der Waals surface area (Å²) in [6.45, 7) is 0. The molecule has 0 spiro atoms. The minimum Gasteiger partial charge on any atom is -0.479 e. The van der Waals surface area contributed by atoms with Crippen LogP contribution in [0.15, 0.2) is 12.4 Å². The molecule has 144 valence electrons. The zero-order valence-electron chi connectivity index (χ0n) is 12.9. The Kier molecular flexibility index (Phi) is 5.30. The summed E-state index contributed by atoms with van der Waals surface area (Å²) in [7, 11) is 1.04. The van der Waals surface area contributed by atoms with Gasteiger partial charge in [-0.3, -0.25) is 20.2 Å². The summed E-state index contributed by atoms with van der Waals surface area (Å²) in [5, 5.41) is 23.0. The van der Waals surface area contributed by atoms with Gasteiger partial charge in [-0.2, -0.15) is 22.5 Å². The van der Waals surface area contributed by atoms with Crippen molar-refractivity contribution in [2.45, 2.75) is 6.18 Å². The Morgan fingerprint density at radius 2 is 1.81 bits per heavy atom. The van der Waals surface area contributed by atoms with E-state index in [-0.39, 0.29) is 6.07 Å². The minimum atomic E-state index is -5.22. The average molecular weight is 412 g/mol. The predicted octanol–water partition coefficient (Wildman–Crippen LogP) is 3.86. The summed E-state index contributed by atoms with van der Waals surface area (Å²) >= 11 is 5.47. The first-order valence-corrected chi connectivity index (χ1v) is 6.90. The van der Waals surface area contributed by atoms with Crippen molar-refractivity contribution in [1.29, 1.82) is 0 Å². The third kappa shape index (κ3) is 3.79. The lowest BCUT2D eigenvalue weighted by Crippen LogP contribution is -2.12. The number of benzene rings is 1. The zero-order valence-corrected chi connectivity index (χ0v) is 13.6. The van der Waals surface area contributed by atoms with Gasteiger partial charge in [-0.1, -0.05) is 11.6 Å². The van der Waals surface area contributed by atoms with E-state index < -0.39 is 61.2 Å². The molecule has 10 nitrogen and oxygen atoms in total. The molecule has 1 aromatic heterocycles. The van der Waals surface area contributed by atoms with E-state index >= 15 is 0 Å². The number of nitro benzene ring substituents is 2. The Morgan fingerprint density at radius 3 is 2.30 bits per heavy atom. The highest BCUT2D eigenvalue weighted by Gasteiger charge is 2.42. The van der Waals surface area contributed by atoms with Gasteiger partial charge in [0.2, 0.25) is 11.8 Å². The maximum absolute atomic E-state index is 13.9. The summed E-state index contributed by atoms with van der Waals surface area (Å²) in [6, 6.07) is -0.00809. The molecule has 0 unspecified atom stereocenters. The first-order valence-electron chi connectivity index (χ1n) is 6.53. The van der Waals surface area contributed by atoms with Crippen LogP contribution in [-0.2, 0) is 6.18 Å². The minimum absolute atomic E-state index is 0.00809. The van der Waals surface area contributed by atoms with Crippen molar-refractivity contribution in [2.24, 2.45) is 0 Å². The van der Waals surface area contributed by atoms with E-state index in [1.54, 1.807) is 0 Å². The molecule has 0 radical (unpaired) electrons. The van der Waals surface area contributed by atoms with Crippen LogP contribution in [0, 0.1) is 26.2 Å². The number of aromatic nitrogens is 2. The highest BCUT2D eigenvalue weighted by atomic mass is 35.5. The van der Waals surface area contributed by atoms with Gasteiger partial charge in [-0.15, -0.1) is 0 Å². The molecule has 1 aromatic carbocycles. The number of hydrogen-bond donors (Lipinski definition) is 1. The number of ether oxygens (including phenoxy) is 1. The second kappa shape index (κ2) is 7.14. The molecular formula is C12H6ClF4N5O5. The highest BCUT2D eigenvalue weighted by Crippen LogP contribution is 2.48. The molecule has 0 amide bonds. The number of hydrogen-bond acceptors (Lipinski definition) is 8. The summed E-state index contributed by atoms with van der Waals surface area (Å²) in [5.41, 5.74) is -6.53. The number of nitrogens with zero attached hydrogens (tertiary/aromatic N) is 4. The SMILES string of the molecule is COc1ncnc(F)c1Nc1c([N+](=O)[O-])cc(C(F)(F)F)c(Cl)c1[N+](=O)[O-]. The molecule has 15 heteroatoms. The van der Waals surface area contributed by atoms with Crippen molar-refractivity contribution >= 4 is 34.4 Å². The van der Waals surface area contributed by atoms with E-state index in [1.807, 2.05) is 5.32 Å². The third-order valence-corrected chi connectivity index (χ3v) is 3.50. The van der Waals surface area contributed by atoms with Gasteiger partial charge in [0.25, 0.3) is 0 Å². The molecule has 0 aliphatic rings. The van der Waals surface area contributed by atoms with Crippen molar-refractivity contribution in [2.75, 3.05) is 12.4 Å². The molecule has 0 atom stereocenters.